The molecule has 1 N–H and O–H groups in total. The zero-order chi connectivity index (χ0) is 13.8. The van der Waals surface area contributed by atoms with Gasteiger partial charge in [-0.1, -0.05) is 30.3 Å². The molecule has 5 nitrogen and oxygen atoms in total. The third-order valence-corrected chi connectivity index (χ3v) is 2.85. The highest BCUT2D eigenvalue weighted by atomic mass is 16.1. The van der Waals surface area contributed by atoms with Gasteiger partial charge >= 0.3 is 0 Å². The quantitative estimate of drug-likeness (QED) is 0.903. The summed E-state index contributed by atoms with van der Waals surface area (Å²) in [6.45, 7) is 2.15. The molecule has 0 bridgehead atoms. The van der Waals surface area contributed by atoms with Crippen LogP contribution in [-0.2, 0) is 13.6 Å². The van der Waals surface area contributed by atoms with Crippen LogP contribution in [0.1, 0.15) is 27.3 Å². The Morgan fingerprint density at radius 3 is 2.74 bits per heavy atom. The fourth-order valence-corrected chi connectivity index (χ4v) is 1.92. The number of nitrogens with zero attached hydrogens (tertiary/aromatic N) is 3. The van der Waals surface area contributed by atoms with Gasteiger partial charge in [-0.05, 0) is 12.5 Å². The second kappa shape index (κ2) is 5.36. The van der Waals surface area contributed by atoms with Crippen LogP contribution in [-0.4, -0.2) is 15.7 Å². The van der Waals surface area contributed by atoms with Gasteiger partial charge in [0.05, 0.1) is 11.3 Å². The Bertz CT molecular complexity index is 637. The first-order valence-electron chi connectivity index (χ1n) is 5.89. The first-order chi connectivity index (χ1) is 9.13. The minimum atomic E-state index is -0.272. The van der Waals surface area contributed by atoms with Crippen LogP contribution in [0, 0.1) is 18.3 Å². The van der Waals surface area contributed by atoms with Gasteiger partial charge < -0.3 is 5.32 Å². The van der Waals surface area contributed by atoms with Gasteiger partial charge in [-0.3, -0.25) is 9.48 Å². The number of carbonyl (C=O) groups excluding carboxylic acids is 1. The normalized spacial score (nSPS) is 9.95. The van der Waals surface area contributed by atoms with Crippen molar-refractivity contribution in [2.24, 2.45) is 7.05 Å². The lowest BCUT2D eigenvalue weighted by molar-refractivity contribution is 0.0950. The zero-order valence-electron chi connectivity index (χ0n) is 10.8. The first kappa shape index (κ1) is 12.8. The van der Waals surface area contributed by atoms with Gasteiger partial charge in [0.2, 0.25) is 0 Å². The molecule has 0 aliphatic rings. The van der Waals surface area contributed by atoms with Gasteiger partial charge in [0, 0.05) is 13.6 Å². The van der Waals surface area contributed by atoms with E-state index in [4.69, 9.17) is 5.26 Å². The van der Waals surface area contributed by atoms with Crippen LogP contribution in [0.15, 0.2) is 30.3 Å². The molecule has 0 aliphatic carbocycles. The smallest absolute Gasteiger partial charge is 0.256 e. The number of aryl methyl sites for hydroxylation is 2. The standard InChI is InChI=1S/C14H14N4O/c1-10-13(12(8-15)18(2)17-10)14(19)16-9-11-6-4-3-5-7-11/h3-7H,9H2,1-2H3,(H,16,19). The average molecular weight is 254 g/mol. The third-order valence-electron chi connectivity index (χ3n) is 2.85. The molecule has 0 atom stereocenters. The molecule has 1 aromatic heterocycles. The number of hydrogen-bond acceptors (Lipinski definition) is 3. The van der Waals surface area contributed by atoms with E-state index in [1.165, 1.54) is 4.68 Å². The van der Waals surface area contributed by atoms with Crippen LogP contribution in [0.2, 0.25) is 0 Å². The number of nitrogens with one attached hydrogen (secondary N) is 1. The van der Waals surface area contributed by atoms with Gasteiger partial charge in [0.1, 0.15) is 6.07 Å². The summed E-state index contributed by atoms with van der Waals surface area (Å²) in [6, 6.07) is 11.6. The van der Waals surface area contributed by atoms with Crippen LogP contribution >= 0.6 is 0 Å². The SMILES string of the molecule is Cc1nn(C)c(C#N)c1C(=O)NCc1ccccc1. The van der Waals surface area contributed by atoms with Crippen molar-refractivity contribution in [3.8, 4) is 6.07 Å². The Morgan fingerprint density at radius 1 is 1.42 bits per heavy atom. The maximum atomic E-state index is 12.1. The van der Waals surface area contributed by atoms with Crippen molar-refractivity contribution >= 4 is 5.91 Å². The number of aromatic nitrogens is 2. The van der Waals surface area contributed by atoms with Gasteiger partial charge in [-0.15, -0.1) is 0 Å². The molecule has 0 radical (unpaired) electrons. The molecule has 2 aromatic rings. The molecular formula is C14H14N4O. The van der Waals surface area contributed by atoms with E-state index in [1.54, 1.807) is 14.0 Å². The summed E-state index contributed by atoms with van der Waals surface area (Å²) in [7, 11) is 1.65. The molecule has 0 saturated heterocycles. The van der Waals surface area contributed by atoms with E-state index in [0.29, 0.717) is 17.8 Å². The number of amides is 1. The fourth-order valence-electron chi connectivity index (χ4n) is 1.92. The highest BCUT2D eigenvalue weighted by Gasteiger charge is 2.19. The van der Waals surface area contributed by atoms with Crippen LogP contribution in [0.3, 0.4) is 0 Å². The van der Waals surface area contributed by atoms with Crippen molar-refractivity contribution in [3.63, 3.8) is 0 Å². The Balaban J connectivity index is 2.15. The number of nitriles is 1. The highest BCUT2D eigenvalue weighted by Crippen LogP contribution is 2.12. The van der Waals surface area contributed by atoms with E-state index >= 15 is 0 Å². The fraction of sp³-hybridized carbons (Fsp3) is 0.214. The zero-order valence-corrected chi connectivity index (χ0v) is 10.8. The van der Waals surface area contributed by atoms with Gasteiger partial charge in [0.25, 0.3) is 5.91 Å². The number of benzene rings is 1. The molecule has 1 heterocycles. The van der Waals surface area contributed by atoms with E-state index in [2.05, 4.69) is 10.4 Å². The van der Waals surface area contributed by atoms with Crippen LogP contribution in [0.4, 0.5) is 0 Å². The predicted molar refractivity (Wildman–Crippen MR) is 70.3 cm³/mol. The Morgan fingerprint density at radius 2 is 2.11 bits per heavy atom. The molecule has 96 valence electrons. The largest absolute Gasteiger partial charge is 0.348 e. The van der Waals surface area contributed by atoms with Crippen molar-refractivity contribution in [1.82, 2.24) is 15.1 Å². The highest BCUT2D eigenvalue weighted by molar-refractivity contribution is 5.97. The van der Waals surface area contributed by atoms with Crippen molar-refractivity contribution in [3.05, 3.63) is 52.8 Å². The summed E-state index contributed by atoms with van der Waals surface area (Å²) in [5.74, 6) is -0.272. The lowest BCUT2D eigenvalue weighted by atomic mass is 10.1. The first-order valence-corrected chi connectivity index (χ1v) is 5.89. The molecule has 5 heteroatoms. The van der Waals surface area contributed by atoms with E-state index in [-0.39, 0.29) is 11.6 Å². The molecule has 2 rings (SSSR count). The number of carbonyl (C=O) groups is 1. The van der Waals surface area contributed by atoms with Gasteiger partial charge in [-0.2, -0.15) is 10.4 Å². The minimum absolute atomic E-state index is 0.272. The summed E-state index contributed by atoms with van der Waals surface area (Å²) in [6.07, 6.45) is 0. The van der Waals surface area contributed by atoms with Crippen LogP contribution < -0.4 is 5.32 Å². The van der Waals surface area contributed by atoms with Gasteiger partial charge in [0.15, 0.2) is 5.69 Å². The van der Waals surface area contributed by atoms with Crippen LogP contribution in [0.5, 0.6) is 0 Å². The summed E-state index contributed by atoms with van der Waals surface area (Å²) >= 11 is 0. The monoisotopic (exact) mass is 254 g/mol. The number of rotatable bonds is 3. The molecule has 0 unspecified atom stereocenters. The molecule has 1 aromatic carbocycles. The van der Waals surface area contributed by atoms with E-state index in [9.17, 15) is 4.79 Å². The molecule has 19 heavy (non-hydrogen) atoms. The van der Waals surface area contributed by atoms with E-state index < -0.39 is 0 Å². The minimum Gasteiger partial charge on any atom is -0.348 e. The maximum absolute atomic E-state index is 12.1. The van der Waals surface area contributed by atoms with Crippen molar-refractivity contribution < 1.29 is 4.79 Å². The molecular weight excluding hydrogens is 240 g/mol. The van der Waals surface area contributed by atoms with E-state index in [1.807, 2.05) is 36.4 Å². The summed E-state index contributed by atoms with van der Waals surface area (Å²) < 4.78 is 1.42. The summed E-state index contributed by atoms with van der Waals surface area (Å²) in [5, 5.41) is 15.9. The molecule has 0 spiro atoms. The Labute approximate surface area is 111 Å². The molecule has 0 aliphatic heterocycles. The maximum Gasteiger partial charge on any atom is 0.256 e. The van der Waals surface area contributed by atoms with Crippen molar-refractivity contribution in [2.45, 2.75) is 13.5 Å². The molecule has 1 amide bonds. The van der Waals surface area contributed by atoms with Crippen molar-refractivity contribution in [2.75, 3.05) is 0 Å². The van der Waals surface area contributed by atoms with Crippen molar-refractivity contribution in [1.29, 1.82) is 5.26 Å². The molecule has 0 saturated carbocycles. The lowest BCUT2D eigenvalue weighted by Gasteiger charge is -2.04. The molecule has 0 fully saturated rings. The predicted octanol–water partition coefficient (Wildman–Crippen LogP) is 1.53. The second-order valence-electron chi connectivity index (χ2n) is 4.21. The Kier molecular flexibility index (Phi) is 3.62. The summed E-state index contributed by atoms with van der Waals surface area (Å²) in [4.78, 5) is 12.1. The lowest BCUT2D eigenvalue weighted by Crippen LogP contribution is -2.24. The van der Waals surface area contributed by atoms with E-state index in [0.717, 1.165) is 5.56 Å². The topological polar surface area (TPSA) is 70.7 Å². The summed E-state index contributed by atoms with van der Waals surface area (Å²) in [5.41, 5.74) is 2.20. The number of hydrogen-bond donors (Lipinski definition) is 1. The Hall–Kier alpha value is -2.61. The van der Waals surface area contributed by atoms with Crippen LogP contribution in [0.25, 0.3) is 0 Å². The van der Waals surface area contributed by atoms with Gasteiger partial charge in [-0.25, -0.2) is 0 Å². The average Bonchev–Trinajstić information content (AvgIpc) is 2.71. The third kappa shape index (κ3) is 2.63. The second-order valence-corrected chi connectivity index (χ2v) is 4.21.